The number of nitrogens with one attached hydrogen (secondary N) is 1. The summed E-state index contributed by atoms with van der Waals surface area (Å²) in [5, 5.41) is 3.04. The topological polar surface area (TPSA) is 76.2 Å². The molecule has 0 spiro atoms. The molecule has 1 aromatic carbocycles. The molecule has 3 amide bonds. The molecule has 0 aromatic heterocycles. The highest BCUT2D eigenvalue weighted by Crippen LogP contribution is 2.40. The fraction of sp³-hybridized carbons (Fsp3) is 0.667. The molecule has 3 fully saturated rings. The number of benzene rings is 1. The van der Waals surface area contributed by atoms with Crippen LogP contribution >= 0.6 is 0 Å². The van der Waals surface area contributed by atoms with E-state index in [9.17, 15) is 14.4 Å². The fourth-order valence-electron chi connectivity index (χ4n) is 6.14. The molecule has 8 nitrogen and oxygen atoms in total. The van der Waals surface area contributed by atoms with Crippen LogP contribution in [0.15, 0.2) is 18.2 Å². The highest BCUT2D eigenvalue weighted by molar-refractivity contribution is 6.09. The van der Waals surface area contributed by atoms with Crippen LogP contribution in [-0.2, 0) is 9.59 Å². The van der Waals surface area contributed by atoms with E-state index in [1.54, 1.807) is 4.90 Å². The van der Waals surface area contributed by atoms with Gasteiger partial charge in [0.15, 0.2) is 0 Å². The average molecular weight is 482 g/mol. The van der Waals surface area contributed by atoms with Gasteiger partial charge in [-0.25, -0.2) is 0 Å². The van der Waals surface area contributed by atoms with Crippen molar-refractivity contribution in [2.45, 2.75) is 70.4 Å². The smallest absolute Gasteiger partial charge is 0.253 e. The highest BCUT2D eigenvalue weighted by Gasteiger charge is 2.40. The second-order valence-electron chi connectivity index (χ2n) is 10.6. The summed E-state index contributed by atoms with van der Waals surface area (Å²) < 4.78 is 0. The van der Waals surface area contributed by atoms with Crippen LogP contribution in [0.25, 0.3) is 0 Å². The number of hydrogen-bond donors (Lipinski definition) is 1. The van der Waals surface area contributed by atoms with Gasteiger partial charge in [0, 0.05) is 37.8 Å². The third-order valence-electron chi connectivity index (χ3n) is 8.22. The number of piperidine rings is 1. The molecule has 3 saturated heterocycles. The zero-order valence-corrected chi connectivity index (χ0v) is 21.0. The maximum absolute atomic E-state index is 13.6. The Labute approximate surface area is 208 Å². The SMILES string of the molecule is C[C@@H](CCNC(=O)CN1C(=O)[C@@H]2CCCCN2c2ccc(C(=O)N3CCCC3)cc21)N1CCCC1. The molecule has 0 bridgehead atoms. The van der Waals surface area contributed by atoms with Crippen LogP contribution in [-0.4, -0.2) is 85.4 Å². The van der Waals surface area contributed by atoms with Crippen LogP contribution in [0.5, 0.6) is 0 Å². The van der Waals surface area contributed by atoms with Crippen molar-refractivity contribution in [3.63, 3.8) is 0 Å². The van der Waals surface area contributed by atoms with Crippen molar-refractivity contribution in [3.8, 4) is 0 Å². The van der Waals surface area contributed by atoms with E-state index in [2.05, 4.69) is 22.0 Å². The van der Waals surface area contributed by atoms with Gasteiger partial charge in [-0.15, -0.1) is 0 Å². The minimum Gasteiger partial charge on any atom is -0.358 e. The summed E-state index contributed by atoms with van der Waals surface area (Å²) in [4.78, 5) is 47.7. The van der Waals surface area contributed by atoms with Crippen molar-refractivity contribution in [2.24, 2.45) is 0 Å². The van der Waals surface area contributed by atoms with Crippen molar-refractivity contribution in [1.29, 1.82) is 0 Å². The molecule has 0 unspecified atom stereocenters. The monoisotopic (exact) mass is 481 g/mol. The molecule has 0 radical (unpaired) electrons. The van der Waals surface area contributed by atoms with Crippen molar-refractivity contribution < 1.29 is 14.4 Å². The first-order chi connectivity index (χ1) is 17.0. The minimum atomic E-state index is -0.223. The van der Waals surface area contributed by atoms with Crippen molar-refractivity contribution >= 4 is 29.1 Å². The largest absolute Gasteiger partial charge is 0.358 e. The van der Waals surface area contributed by atoms with Crippen LogP contribution in [0.3, 0.4) is 0 Å². The summed E-state index contributed by atoms with van der Waals surface area (Å²) in [7, 11) is 0. The predicted molar refractivity (Wildman–Crippen MR) is 137 cm³/mol. The Balaban J connectivity index is 1.31. The Kier molecular flexibility index (Phi) is 7.27. The van der Waals surface area contributed by atoms with Crippen LogP contribution in [0.2, 0.25) is 0 Å². The molecule has 4 heterocycles. The summed E-state index contributed by atoms with van der Waals surface area (Å²) in [6.07, 6.45) is 8.36. The van der Waals surface area contributed by atoms with Gasteiger partial charge in [0.2, 0.25) is 11.8 Å². The summed E-state index contributed by atoms with van der Waals surface area (Å²) >= 11 is 0. The van der Waals surface area contributed by atoms with Gasteiger partial charge in [-0.1, -0.05) is 0 Å². The molecule has 0 aliphatic carbocycles. The first-order valence-electron chi connectivity index (χ1n) is 13.5. The molecule has 1 aromatic rings. The van der Waals surface area contributed by atoms with Gasteiger partial charge in [-0.3, -0.25) is 19.3 Å². The number of carbonyl (C=O) groups is 3. The second kappa shape index (κ2) is 10.6. The van der Waals surface area contributed by atoms with Crippen molar-refractivity contribution in [3.05, 3.63) is 23.8 Å². The number of rotatable bonds is 7. The summed E-state index contributed by atoms with van der Waals surface area (Å²) in [5.74, 6) is -0.152. The normalized spacial score (nSPS) is 23.3. The van der Waals surface area contributed by atoms with Crippen molar-refractivity contribution in [1.82, 2.24) is 15.1 Å². The summed E-state index contributed by atoms with van der Waals surface area (Å²) in [6.45, 7) is 7.50. The zero-order valence-electron chi connectivity index (χ0n) is 21.0. The van der Waals surface area contributed by atoms with E-state index >= 15 is 0 Å². The van der Waals surface area contributed by atoms with E-state index in [-0.39, 0.29) is 30.3 Å². The molecule has 190 valence electrons. The molecule has 1 N–H and O–H groups in total. The van der Waals surface area contributed by atoms with Gasteiger partial charge in [0.05, 0.1) is 11.4 Å². The molecule has 8 heteroatoms. The number of likely N-dealkylation sites (tertiary alicyclic amines) is 2. The van der Waals surface area contributed by atoms with E-state index in [1.807, 2.05) is 23.1 Å². The van der Waals surface area contributed by atoms with Gasteiger partial charge < -0.3 is 20.0 Å². The quantitative estimate of drug-likeness (QED) is 0.648. The Hall–Kier alpha value is -2.61. The highest BCUT2D eigenvalue weighted by atomic mass is 16.2. The van der Waals surface area contributed by atoms with Crippen LogP contribution < -0.4 is 15.1 Å². The number of nitrogens with zero attached hydrogens (tertiary/aromatic N) is 4. The number of carbonyl (C=O) groups excluding carboxylic acids is 3. The minimum absolute atomic E-state index is 0.00434. The maximum atomic E-state index is 13.6. The number of amides is 3. The lowest BCUT2D eigenvalue weighted by molar-refractivity contribution is -0.125. The number of anilines is 2. The molecule has 2 atom stereocenters. The molecular formula is C27H39N5O3. The third kappa shape index (κ3) is 5.03. The van der Waals surface area contributed by atoms with E-state index in [0.717, 1.165) is 76.9 Å². The van der Waals surface area contributed by atoms with Crippen LogP contribution in [0, 0.1) is 0 Å². The predicted octanol–water partition coefficient (Wildman–Crippen LogP) is 2.62. The lowest BCUT2D eigenvalue weighted by Crippen LogP contribution is -2.57. The summed E-state index contributed by atoms with van der Waals surface area (Å²) in [5.41, 5.74) is 2.25. The Morgan fingerprint density at radius 3 is 2.46 bits per heavy atom. The first-order valence-corrected chi connectivity index (χ1v) is 13.5. The Morgan fingerprint density at radius 1 is 0.971 bits per heavy atom. The average Bonchev–Trinajstić information content (AvgIpc) is 3.61. The zero-order chi connectivity index (χ0) is 24.4. The molecule has 35 heavy (non-hydrogen) atoms. The Bertz CT molecular complexity index is 954. The van der Waals surface area contributed by atoms with E-state index < -0.39 is 0 Å². The van der Waals surface area contributed by atoms with Gasteiger partial charge in [0.25, 0.3) is 5.91 Å². The maximum Gasteiger partial charge on any atom is 0.253 e. The number of hydrogen-bond acceptors (Lipinski definition) is 5. The molecule has 5 rings (SSSR count). The molecule has 0 saturated carbocycles. The van der Waals surface area contributed by atoms with Gasteiger partial charge in [-0.2, -0.15) is 0 Å². The fourth-order valence-corrected chi connectivity index (χ4v) is 6.14. The van der Waals surface area contributed by atoms with Gasteiger partial charge in [-0.05, 0) is 89.6 Å². The van der Waals surface area contributed by atoms with Gasteiger partial charge in [0.1, 0.15) is 12.6 Å². The van der Waals surface area contributed by atoms with Crippen molar-refractivity contribution in [2.75, 3.05) is 55.6 Å². The third-order valence-corrected chi connectivity index (χ3v) is 8.22. The lowest BCUT2D eigenvalue weighted by atomic mass is 9.95. The van der Waals surface area contributed by atoms with E-state index in [1.165, 1.54) is 12.8 Å². The Morgan fingerprint density at radius 2 is 1.69 bits per heavy atom. The lowest BCUT2D eigenvalue weighted by Gasteiger charge is -2.45. The molecule has 4 aliphatic rings. The molecule has 4 aliphatic heterocycles. The molecular weight excluding hydrogens is 442 g/mol. The van der Waals surface area contributed by atoms with Gasteiger partial charge >= 0.3 is 0 Å². The second-order valence-corrected chi connectivity index (χ2v) is 10.6. The number of fused-ring (bicyclic) bond motifs is 3. The van der Waals surface area contributed by atoms with Crippen LogP contribution in [0.1, 0.15) is 68.6 Å². The van der Waals surface area contributed by atoms with E-state index in [0.29, 0.717) is 23.8 Å². The first kappa shape index (κ1) is 24.1. The summed E-state index contributed by atoms with van der Waals surface area (Å²) in [6, 6.07) is 5.93. The van der Waals surface area contributed by atoms with E-state index in [4.69, 9.17) is 0 Å². The standard InChI is InChI=1S/C27H39N5O3/c1-20(29-13-4-5-14-29)11-12-28-25(33)19-32-24-18-21(26(34)30-15-6-7-16-30)9-10-22(24)31-17-3-2-8-23(31)27(32)35/h9-10,18,20,23H,2-8,11-17,19H2,1H3,(H,28,33)/t20-,23-/m0/s1. The van der Waals surface area contributed by atoms with Crippen LogP contribution in [0.4, 0.5) is 11.4 Å².